The van der Waals surface area contributed by atoms with Crippen LogP contribution in [-0.2, 0) is 19.6 Å². The fourth-order valence-electron chi connectivity index (χ4n) is 6.30. The van der Waals surface area contributed by atoms with Gasteiger partial charge in [0, 0.05) is 42.8 Å². The number of ether oxygens (including phenoxy) is 1. The minimum atomic E-state index is -0.459. The lowest BCUT2D eigenvalue weighted by Gasteiger charge is -2.19. The Balaban J connectivity index is 0.959. The van der Waals surface area contributed by atoms with E-state index in [9.17, 15) is 9.59 Å². The molecule has 0 aliphatic carbocycles. The molecular weight excluding hydrogens is 705 g/mol. The van der Waals surface area contributed by atoms with Crippen LogP contribution in [0.1, 0.15) is 16.8 Å². The Labute approximate surface area is 312 Å². The molecular formula is C41H31F2N9O3. The van der Waals surface area contributed by atoms with Crippen LogP contribution >= 0.6 is 0 Å². The highest BCUT2D eigenvalue weighted by molar-refractivity contribution is 5.74. The highest BCUT2D eigenvalue weighted by atomic mass is 19.1. The van der Waals surface area contributed by atoms with Gasteiger partial charge in [0.2, 0.25) is 5.88 Å². The van der Waals surface area contributed by atoms with Gasteiger partial charge in [0.05, 0.1) is 43.2 Å². The number of rotatable bonds is 10. The summed E-state index contributed by atoms with van der Waals surface area (Å²) in [6.45, 7) is 0.354. The van der Waals surface area contributed by atoms with Crippen molar-refractivity contribution in [1.82, 2.24) is 39.0 Å². The second-order valence-corrected chi connectivity index (χ2v) is 12.9. The normalized spacial score (nSPS) is 11.3. The lowest BCUT2D eigenvalue weighted by Crippen LogP contribution is -2.23. The zero-order chi connectivity index (χ0) is 38.1. The Morgan fingerprint density at radius 2 is 1.24 bits per heavy atom. The van der Waals surface area contributed by atoms with Crippen molar-refractivity contribution >= 4 is 27.9 Å². The molecule has 0 fully saturated rings. The number of fused-ring (bicyclic) bond motifs is 2. The van der Waals surface area contributed by atoms with Crippen LogP contribution in [0.3, 0.4) is 0 Å². The van der Waals surface area contributed by atoms with E-state index in [0.717, 1.165) is 11.1 Å². The lowest BCUT2D eigenvalue weighted by molar-refractivity contribution is 0.398. The molecule has 0 aliphatic rings. The molecule has 0 spiro atoms. The van der Waals surface area contributed by atoms with Crippen molar-refractivity contribution in [2.75, 3.05) is 19.1 Å². The number of halogens is 2. The average molecular weight is 736 g/mol. The minimum absolute atomic E-state index is 0.00738. The second-order valence-electron chi connectivity index (χ2n) is 12.9. The van der Waals surface area contributed by atoms with E-state index in [0.29, 0.717) is 62.6 Å². The molecule has 0 amide bonds. The zero-order valence-corrected chi connectivity index (χ0v) is 29.6. The Bertz CT molecular complexity index is 2860. The third-order valence-electron chi connectivity index (χ3n) is 9.27. The van der Waals surface area contributed by atoms with Gasteiger partial charge < -0.3 is 9.64 Å². The van der Waals surface area contributed by atoms with Gasteiger partial charge in [-0.05, 0) is 76.9 Å². The molecule has 0 atom stereocenters. The molecule has 0 N–H and O–H groups in total. The molecule has 8 aromatic rings. The lowest BCUT2D eigenvalue weighted by atomic mass is 10.0. The SMILES string of the molecule is COc1cc(-c2ccc(Cn3cnc4nc(CN(C)c5cc(-c6ccc(Cn7cnc8ncccc8c7=O)c(F)c6)ccn5)ccc4c3=O)c(F)c2)ccn1. The van der Waals surface area contributed by atoms with Crippen molar-refractivity contribution in [2.45, 2.75) is 19.6 Å². The van der Waals surface area contributed by atoms with Gasteiger partial charge in [-0.15, -0.1) is 0 Å². The molecule has 8 rings (SSSR count). The molecule has 6 heterocycles. The number of hydrogen-bond donors (Lipinski definition) is 0. The molecule has 0 radical (unpaired) electrons. The van der Waals surface area contributed by atoms with E-state index in [1.54, 1.807) is 85.3 Å². The number of benzene rings is 2. The summed E-state index contributed by atoms with van der Waals surface area (Å²) in [7, 11) is 3.37. The van der Waals surface area contributed by atoms with E-state index >= 15 is 8.78 Å². The summed E-state index contributed by atoms with van der Waals surface area (Å²) in [5, 5.41) is 0.670. The van der Waals surface area contributed by atoms with Crippen molar-refractivity contribution in [2.24, 2.45) is 0 Å². The first kappa shape index (κ1) is 34.8. The third kappa shape index (κ3) is 7.12. The molecule has 0 unspecified atom stereocenters. The van der Waals surface area contributed by atoms with Crippen LogP contribution in [0.2, 0.25) is 0 Å². The predicted octanol–water partition coefficient (Wildman–Crippen LogP) is 6.04. The van der Waals surface area contributed by atoms with Crippen LogP contribution < -0.4 is 20.8 Å². The van der Waals surface area contributed by atoms with E-state index < -0.39 is 11.6 Å². The number of aromatic nitrogens is 8. The van der Waals surface area contributed by atoms with Crippen LogP contribution in [0.5, 0.6) is 5.88 Å². The zero-order valence-electron chi connectivity index (χ0n) is 29.6. The van der Waals surface area contributed by atoms with Gasteiger partial charge >= 0.3 is 0 Å². The molecule has 55 heavy (non-hydrogen) atoms. The van der Waals surface area contributed by atoms with Crippen molar-refractivity contribution in [1.29, 1.82) is 0 Å². The summed E-state index contributed by atoms with van der Waals surface area (Å²) in [6, 6.07) is 23.6. The van der Waals surface area contributed by atoms with Gasteiger partial charge in [-0.3, -0.25) is 18.7 Å². The Kier molecular flexibility index (Phi) is 9.29. The summed E-state index contributed by atoms with van der Waals surface area (Å²) >= 11 is 0. The van der Waals surface area contributed by atoms with Gasteiger partial charge in [0.15, 0.2) is 11.3 Å². The standard InChI is InChI=1S/C41H31F2N9O3/c1-50(36-18-27(11-14-44-36)25-5-7-29(34(42)16-25)20-51-23-47-38-32(40(51)53)4-3-13-46-38)22-31-9-10-33-39(49-31)48-24-52(41(33)54)21-30-8-6-26(17-35(30)43)28-12-15-45-37(19-28)55-2/h3-19,23-24H,20-22H2,1-2H3. The number of hydrogen-bond acceptors (Lipinski definition) is 10. The summed E-state index contributed by atoms with van der Waals surface area (Å²) < 4.78 is 38.5. The fourth-order valence-corrected chi connectivity index (χ4v) is 6.30. The monoisotopic (exact) mass is 735 g/mol. The molecule has 0 saturated carbocycles. The smallest absolute Gasteiger partial charge is 0.263 e. The second kappa shape index (κ2) is 14.7. The maximum atomic E-state index is 15.4. The quantitative estimate of drug-likeness (QED) is 0.164. The molecule has 14 heteroatoms. The minimum Gasteiger partial charge on any atom is -0.481 e. The Hall–Kier alpha value is -7.22. The van der Waals surface area contributed by atoms with Crippen molar-refractivity contribution < 1.29 is 13.5 Å². The highest BCUT2D eigenvalue weighted by Gasteiger charge is 2.14. The molecule has 12 nitrogen and oxygen atoms in total. The summed E-state index contributed by atoms with van der Waals surface area (Å²) in [6.07, 6.45) is 7.54. The van der Waals surface area contributed by atoms with Crippen molar-refractivity contribution in [3.05, 3.63) is 165 Å². The maximum absolute atomic E-state index is 15.4. The van der Waals surface area contributed by atoms with Crippen LogP contribution in [0.4, 0.5) is 14.6 Å². The number of methoxy groups -OCH3 is 1. The number of pyridine rings is 4. The number of nitrogens with zero attached hydrogens (tertiary/aromatic N) is 9. The first-order valence-corrected chi connectivity index (χ1v) is 17.1. The largest absolute Gasteiger partial charge is 0.481 e. The predicted molar refractivity (Wildman–Crippen MR) is 204 cm³/mol. The summed E-state index contributed by atoms with van der Waals surface area (Å²) in [4.78, 5) is 54.1. The van der Waals surface area contributed by atoms with Crippen LogP contribution in [0.25, 0.3) is 44.3 Å². The summed E-state index contributed by atoms with van der Waals surface area (Å²) in [5.41, 5.74) is 4.09. The Morgan fingerprint density at radius 3 is 1.89 bits per heavy atom. The van der Waals surface area contributed by atoms with Gasteiger partial charge in [-0.1, -0.05) is 24.3 Å². The maximum Gasteiger partial charge on any atom is 0.263 e. The van der Waals surface area contributed by atoms with E-state index in [2.05, 4.69) is 29.9 Å². The highest BCUT2D eigenvalue weighted by Crippen LogP contribution is 2.27. The van der Waals surface area contributed by atoms with E-state index in [4.69, 9.17) is 4.74 Å². The van der Waals surface area contributed by atoms with Crippen LogP contribution in [0, 0.1) is 11.6 Å². The third-order valence-corrected chi connectivity index (χ3v) is 9.27. The van der Waals surface area contributed by atoms with E-state index in [-0.39, 0.29) is 29.9 Å². The van der Waals surface area contributed by atoms with E-state index in [1.807, 2.05) is 18.0 Å². The van der Waals surface area contributed by atoms with Crippen molar-refractivity contribution in [3.63, 3.8) is 0 Å². The molecule has 2 aromatic carbocycles. The first-order valence-electron chi connectivity index (χ1n) is 17.1. The summed E-state index contributed by atoms with van der Waals surface area (Å²) in [5.74, 6) is 0.126. The topological polar surface area (TPSA) is 134 Å². The Morgan fingerprint density at radius 1 is 0.636 bits per heavy atom. The molecule has 272 valence electrons. The van der Waals surface area contributed by atoms with Crippen molar-refractivity contribution in [3.8, 4) is 28.1 Å². The fraction of sp³-hybridized carbons (Fsp3) is 0.122. The van der Waals surface area contributed by atoms with Gasteiger partial charge in [-0.25, -0.2) is 38.7 Å². The van der Waals surface area contributed by atoms with Gasteiger partial charge in [-0.2, -0.15) is 0 Å². The molecule has 0 aliphatic heterocycles. The molecule has 0 bridgehead atoms. The average Bonchev–Trinajstić information content (AvgIpc) is 3.21. The molecule has 0 saturated heterocycles. The van der Waals surface area contributed by atoms with Gasteiger partial charge in [0.1, 0.15) is 30.1 Å². The van der Waals surface area contributed by atoms with E-state index in [1.165, 1.54) is 41.0 Å². The van der Waals surface area contributed by atoms with Crippen LogP contribution in [0.15, 0.2) is 126 Å². The first-order chi connectivity index (χ1) is 26.7. The number of anilines is 1. The van der Waals surface area contributed by atoms with Crippen LogP contribution in [-0.4, -0.2) is 53.2 Å². The molecule has 6 aromatic heterocycles. The van der Waals surface area contributed by atoms with Gasteiger partial charge in [0.25, 0.3) is 11.1 Å².